The second-order valence-corrected chi connectivity index (χ2v) is 3.13. The van der Waals surface area contributed by atoms with Crippen molar-refractivity contribution >= 4 is 35.0 Å². The highest BCUT2D eigenvalue weighted by Gasteiger charge is 1.82. The van der Waals surface area contributed by atoms with Gasteiger partial charge < -0.3 is 0 Å². The Kier molecular flexibility index (Phi) is 7.85. The smallest absolute Gasteiger partial charge is 0.0680 e. The summed E-state index contributed by atoms with van der Waals surface area (Å²) < 4.78 is 0. The number of rotatable bonds is 4. The van der Waals surface area contributed by atoms with Gasteiger partial charge in [0.2, 0.25) is 0 Å². The topological polar surface area (TPSA) is 0 Å². The van der Waals surface area contributed by atoms with Crippen LogP contribution >= 0.6 is 35.0 Å². The Morgan fingerprint density at radius 3 is 2.43 bits per heavy atom. The van der Waals surface area contributed by atoms with Crippen LogP contribution in [0.1, 0.15) is 6.42 Å². The van der Waals surface area contributed by atoms with Crippen molar-refractivity contribution in [3.8, 4) is 0 Å². The highest BCUT2D eigenvalue weighted by molar-refractivity contribution is 8.00. The Hall–Kier alpha value is 0.930. The minimum Gasteiger partial charge on any atom is -0.146 e. The molecule has 0 saturated carbocycles. The summed E-state index contributed by atoms with van der Waals surface area (Å²) in [6.45, 7) is 0. The highest BCUT2D eigenvalue weighted by Crippen LogP contribution is 2.03. The zero-order chi connectivity index (χ0) is 5.54. The van der Waals surface area contributed by atoms with Crippen LogP contribution < -0.4 is 0 Å². The third-order valence-electron chi connectivity index (χ3n) is 0.499. The Balaban J connectivity index is 2.45. The van der Waals surface area contributed by atoms with Gasteiger partial charge in [-0.15, -0.1) is 35.0 Å². The van der Waals surface area contributed by atoms with Crippen molar-refractivity contribution in [3.05, 3.63) is 0 Å². The lowest BCUT2D eigenvalue weighted by Gasteiger charge is -1.88. The molecule has 0 rings (SSSR count). The van der Waals surface area contributed by atoms with Gasteiger partial charge in [0.05, 0.1) is 5.21 Å². The summed E-state index contributed by atoms with van der Waals surface area (Å²) in [5.74, 6) is 1.84. The first-order valence-electron chi connectivity index (χ1n) is 2.11. The largest absolute Gasteiger partial charge is 0.146 e. The lowest BCUT2D eigenvalue weighted by Crippen LogP contribution is -1.78. The van der Waals surface area contributed by atoms with Crippen molar-refractivity contribution in [2.45, 2.75) is 6.42 Å². The van der Waals surface area contributed by atoms with Gasteiger partial charge in [-0.3, -0.25) is 0 Å². The molecule has 44 valence electrons. The van der Waals surface area contributed by atoms with E-state index < -0.39 is 0 Å². The number of halogens is 2. The van der Waals surface area contributed by atoms with Crippen LogP contribution in [0.15, 0.2) is 0 Å². The lowest BCUT2D eigenvalue weighted by atomic mass is 10.6. The molecule has 0 nitrogen and oxygen atoms in total. The van der Waals surface area contributed by atoms with E-state index in [1.165, 1.54) is 0 Å². The fourth-order valence-corrected chi connectivity index (χ4v) is 1.29. The van der Waals surface area contributed by atoms with Gasteiger partial charge in [-0.2, -0.15) is 0 Å². The fourth-order valence-electron chi connectivity index (χ4n) is 0.211. The molecule has 0 N–H and O–H groups in total. The molecule has 3 heteroatoms. The molecule has 0 aliphatic rings. The van der Waals surface area contributed by atoms with Crippen LogP contribution in [-0.4, -0.2) is 16.8 Å². The molecule has 0 spiro atoms. The highest BCUT2D eigenvalue weighted by atomic mass is 35.5. The summed E-state index contributed by atoms with van der Waals surface area (Å²) in [5.41, 5.74) is 0. The maximum absolute atomic E-state index is 5.38. The van der Waals surface area contributed by atoms with Gasteiger partial charge in [0, 0.05) is 5.88 Å². The molecule has 0 aliphatic carbocycles. The Morgan fingerprint density at radius 1 is 1.29 bits per heavy atom. The van der Waals surface area contributed by atoms with E-state index in [1.54, 1.807) is 11.8 Å². The number of hydrogen-bond acceptors (Lipinski definition) is 1. The second kappa shape index (κ2) is 6.93. The van der Waals surface area contributed by atoms with Crippen LogP contribution in [0.2, 0.25) is 0 Å². The molecule has 0 unspecified atom stereocenters. The molecule has 0 aromatic heterocycles. The summed E-state index contributed by atoms with van der Waals surface area (Å²) in [5, 5.41) is 0.691. The maximum atomic E-state index is 5.38. The van der Waals surface area contributed by atoms with Crippen LogP contribution in [0.25, 0.3) is 0 Å². The summed E-state index contributed by atoms with van der Waals surface area (Å²) in [7, 11) is 0. The van der Waals surface area contributed by atoms with Gasteiger partial charge in [-0.1, -0.05) is 0 Å². The van der Waals surface area contributed by atoms with Crippen LogP contribution in [0.5, 0.6) is 0 Å². The first kappa shape index (κ1) is 7.93. The van der Waals surface area contributed by atoms with Crippen molar-refractivity contribution in [2.24, 2.45) is 0 Å². The van der Waals surface area contributed by atoms with Crippen LogP contribution in [0.4, 0.5) is 0 Å². The summed E-state index contributed by atoms with van der Waals surface area (Å²) in [6, 6.07) is 0. The maximum Gasteiger partial charge on any atom is 0.0680 e. The van der Waals surface area contributed by atoms with Crippen molar-refractivity contribution in [2.75, 3.05) is 16.8 Å². The molecule has 0 atom stereocenters. The molecule has 0 amide bonds. The van der Waals surface area contributed by atoms with E-state index in [9.17, 15) is 0 Å². The molecule has 0 aromatic rings. The first-order chi connectivity index (χ1) is 3.41. The average molecular weight is 159 g/mol. The van der Waals surface area contributed by atoms with Gasteiger partial charge in [0.15, 0.2) is 0 Å². The van der Waals surface area contributed by atoms with Gasteiger partial charge in [0.25, 0.3) is 0 Å². The van der Waals surface area contributed by atoms with Gasteiger partial charge in [0.1, 0.15) is 0 Å². The number of hydrogen-bond donors (Lipinski definition) is 0. The van der Waals surface area contributed by atoms with Gasteiger partial charge >= 0.3 is 0 Å². The second-order valence-electron chi connectivity index (χ2n) is 1.06. The molecular weight excluding hydrogens is 151 g/mol. The van der Waals surface area contributed by atoms with E-state index in [0.717, 1.165) is 18.1 Å². The van der Waals surface area contributed by atoms with Crippen molar-refractivity contribution in [1.29, 1.82) is 0 Å². The molecule has 0 aromatic carbocycles. The van der Waals surface area contributed by atoms with E-state index in [0.29, 0.717) is 5.21 Å². The summed E-state index contributed by atoms with van der Waals surface area (Å²) >= 11 is 12.5. The molecule has 0 aliphatic heterocycles. The lowest BCUT2D eigenvalue weighted by molar-refractivity contribution is 1.12. The minimum atomic E-state index is 0.691. The Labute approximate surface area is 58.6 Å². The van der Waals surface area contributed by atoms with Gasteiger partial charge in [-0.05, 0) is 12.2 Å². The summed E-state index contributed by atoms with van der Waals surface area (Å²) in [4.78, 5) is 0. The fraction of sp³-hybridized carbons (Fsp3) is 1.00. The molecule has 7 heavy (non-hydrogen) atoms. The zero-order valence-electron chi connectivity index (χ0n) is 3.99. The third kappa shape index (κ3) is 6.93. The molecule has 0 heterocycles. The van der Waals surface area contributed by atoms with E-state index >= 15 is 0 Å². The first-order valence-corrected chi connectivity index (χ1v) is 4.34. The molecule has 0 bridgehead atoms. The monoisotopic (exact) mass is 158 g/mol. The Morgan fingerprint density at radius 2 is 2.00 bits per heavy atom. The van der Waals surface area contributed by atoms with Gasteiger partial charge in [-0.25, -0.2) is 0 Å². The number of alkyl halides is 2. The third-order valence-corrected chi connectivity index (χ3v) is 1.96. The normalized spacial score (nSPS) is 9.43. The predicted octanol–water partition coefficient (Wildman–Crippen LogP) is 2.54. The van der Waals surface area contributed by atoms with E-state index in [-0.39, 0.29) is 0 Å². The van der Waals surface area contributed by atoms with Crippen molar-refractivity contribution < 1.29 is 0 Å². The van der Waals surface area contributed by atoms with Crippen LogP contribution in [-0.2, 0) is 0 Å². The van der Waals surface area contributed by atoms with Crippen molar-refractivity contribution in [1.82, 2.24) is 0 Å². The standard InChI is InChI=1S/C4H8Cl2S/c5-2-1-3-7-4-6/h1-4H2. The van der Waals surface area contributed by atoms with E-state index in [4.69, 9.17) is 23.2 Å². The van der Waals surface area contributed by atoms with E-state index in [1.807, 2.05) is 0 Å². The molecule has 0 saturated heterocycles. The Bertz CT molecular complexity index is 28.9. The quantitative estimate of drug-likeness (QED) is 0.448. The summed E-state index contributed by atoms with van der Waals surface area (Å²) in [6.07, 6.45) is 1.07. The predicted molar refractivity (Wildman–Crippen MR) is 38.5 cm³/mol. The SMILES string of the molecule is ClCCCSCCl. The minimum absolute atomic E-state index is 0.691. The average Bonchev–Trinajstić information content (AvgIpc) is 1.69. The molecule has 0 fully saturated rings. The molecular formula is C4H8Cl2S. The van der Waals surface area contributed by atoms with Crippen LogP contribution in [0.3, 0.4) is 0 Å². The number of thioether (sulfide) groups is 1. The van der Waals surface area contributed by atoms with Crippen LogP contribution in [0, 0.1) is 0 Å². The van der Waals surface area contributed by atoms with Crippen molar-refractivity contribution in [3.63, 3.8) is 0 Å². The zero-order valence-corrected chi connectivity index (χ0v) is 6.32. The molecule has 0 radical (unpaired) electrons. The van der Waals surface area contributed by atoms with E-state index in [2.05, 4.69) is 0 Å².